The normalized spacial score (nSPS) is 11.2. The molecule has 0 amide bonds. The second-order valence-electron chi connectivity index (χ2n) is 34.0. The standard InChI is InChI=1S/C41H31N3.C27H27N3.C26H25N3.C25H23N3/c1-28-8-12-31(13-9-28)34-18-24-37(25-19-34)40-42-39(36-22-16-33(17-23-36)30-6-4-3-5-7-30)43-41(44-40)38-26-20-35(21-27-38)32-14-10-29(2)11-15-32;1-5-20(4)21-14-16-24(17-15-21)27-29-25(22-10-6-18(2)7-11-22)28-26(30-27)23-12-8-19(3)9-13-23;1-16-6-10-21(11-7-16)24-27-25(22-12-8-17(2)9-13-22)29-26(28-24)23-19(4)14-18(3)15-20(23)5;1-4-19-9-15-22(16-10-19)25-27-23(20-11-5-17(2)6-12-20)26-24(28-25)21-13-7-18(3)8-14-21/h3-27H,1-2H3;6-17,20H,5H2,1-4H3;6-15H,1-5H3;5-16H,4H2,1-3H3. The Bertz CT molecular complexity index is 6770. The zero-order valence-corrected chi connectivity index (χ0v) is 76.9. The quantitative estimate of drug-likeness (QED) is 0.0803. The number of aryl methyl sites for hydroxylation is 12. The van der Waals surface area contributed by atoms with Crippen molar-refractivity contribution in [3.8, 4) is 170 Å². The Morgan fingerprint density at radius 3 is 0.550 bits per heavy atom. The van der Waals surface area contributed by atoms with Gasteiger partial charge in [0.2, 0.25) is 0 Å². The molecule has 131 heavy (non-hydrogen) atoms. The second-order valence-corrected chi connectivity index (χ2v) is 34.0. The molecule has 0 aliphatic heterocycles. The molecule has 15 aromatic carbocycles. The summed E-state index contributed by atoms with van der Waals surface area (Å²) in [5.74, 6) is 8.79. The maximum atomic E-state index is 4.97. The van der Waals surface area contributed by atoms with Gasteiger partial charge in [-0.3, -0.25) is 0 Å². The lowest BCUT2D eigenvalue weighted by Crippen LogP contribution is -2.02. The number of hydrogen-bond donors (Lipinski definition) is 0. The third-order valence-corrected chi connectivity index (χ3v) is 23.6. The number of hydrogen-bond acceptors (Lipinski definition) is 12. The van der Waals surface area contributed by atoms with Gasteiger partial charge in [0.1, 0.15) is 0 Å². The summed E-state index contributed by atoms with van der Waals surface area (Å²) < 4.78 is 0. The van der Waals surface area contributed by atoms with Crippen LogP contribution in [0.5, 0.6) is 0 Å². The minimum Gasteiger partial charge on any atom is -0.208 e. The molecule has 1 atom stereocenters. The summed E-state index contributed by atoms with van der Waals surface area (Å²) in [4.78, 5) is 58.2. The fourth-order valence-corrected chi connectivity index (χ4v) is 15.4. The Kier molecular flexibility index (Phi) is 27.8. The molecule has 0 bridgehead atoms. The van der Waals surface area contributed by atoms with E-state index in [2.05, 4.69) is 449 Å². The van der Waals surface area contributed by atoms with E-state index in [-0.39, 0.29) is 0 Å². The molecule has 19 rings (SSSR count). The maximum Gasteiger partial charge on any atom is 0.164 e. The van der Waals surface area contributed by atoms with Crippen molar-refractivity contribution in [1.82, 2.24) is 59.8 Å². The van der Waals surface area contributed by atoms with Gasteiger partial charge in [0.25, 0.3) is 0 Å². The van der Waals surface area contributed by atoms with Gasteiger partial charge in [0.05, 0.1) is 0 Å². The van der Waals surface area contributed by atoms with E-state index < -0.39 is 0 Å². The highest BCUT2D eigenvalue weighted by Crippen LogP contribution is 2.36. The SMILES string of the molecule is CCC(C)c1ccc(-c2nc(-c3ccc(C)cc3)nc(-c3ccc(C)cc3)n2)cc1.CCc1ccc(-c2nc(-c3ccc(C)cc3)nc(-c3ccc(C)cc3)n2)cc1.Cc1ccc(-c2ccc(-c3nc(-c4ccc(-c5ccccc5)cc4)nc(-c4ccc(-c5ccc(C)cc5)cc4)n3)cc2)cc1.Cc1ccc(-c2nc(-c3ccc(C)cc3)nc(-c3c(C)cc(C)cc3C)n2)cc1. The minimum absolute atomic E-state index is 0.545. The topological polar surface area (TPSA) is 155 Å². The summed E-state index contributed by atoms with van der Waals surface area (Å²) in [6.07, 6.45) is 2.14. The molecule has 4 heterocycles. The van der Waals surface area contributed by atoms with Gasteiger partial charge < -0.3 is 0 Å². The summed E-state index contributed by atoms with van der Waals surface area (Å²) >= 11 is 0. The molecule has 0 aliphatic rings. The maximum absolute atomic E-state index is 4.97. The molecule has 0 aliphatic carbocycles. The molecule has 642 valence electrons. The zero-order chi connectivity index (χ0) is 91.0. The summed E-state index contributed by atoms with van der Waals surface area (Å²) in [6.45, 7) is 29.7. The predicted molar refractivity (Wildman–Crippen MR) is 541 cm³/mol. The molecule has 1 unspecified atom stereocenters. The molecule has 12 nitrogen and oxygen atoms in total. The lowest BCUT2D eigenvalue weighted by molar-refractivity contribution is 0.734. The summed E-state index contributed by atoms with van der Waals surface area (Å²) in [5, 5.41) is 0. The minimum atomic E-state index is 0.545. The van der Waals surface area contributed by atoms with Crippen LogP contribution >= 0.6 is 0 Å². The fraction of sp³-hybridized carbons (Fsp3) is 0.143. The molecule has 0 spiro atoms. The van der Waals surface area contributed by atoms with Crippen molar-refractivity contribution in [1.29, 1.82) is 0 Å². The van der Waals surface area contributed by atoms with E-state index in [1.165, 1.54) is 89.0 Å². The first-order valence-corrected chi connectivity index (χ1v) is 44.9. The van der Waals surface area contributed by atoms with Gasteiger partial charge in [-0.25, -0.2) is 59.8 Å². The summed E-state index contributed by atoms with van der Waals surface area (Å²) in [5.41, 5.74) is 35.0. The molecule has 4 aromatic heterocycles. The Labute approximate surface area is 770 Å². The predicted octanol–water partition coefficient (Wildman–Crippen LogP) is 30.0. The highest BCUT2D eigenvalue weighted by atomic mass is 15.1. The van der Waals surface area contributed by atoms with Crippen LogP contribution in [0.15, 0.2) is 358 Å². The van der Waals surface area contributed by atoms with Crippen molar-refractivity contribution < 1.29 is 0 Å². The summed E-state index contributed by atoms with van der Waals surface area (Å²) in [6, 6.07) is 124. The molecule has 0 radical (unpaired) electrons. The van der Waals surface area contributed by atoms with E-state index in [1.807, 2.05) is 6.07 Å². The number of benzene rings is 15. The van der Waals surface area contributed by atoms with E-state index in [9.17, 15) is 0 Å². The van der Waals surface area contributed by atoms with E-state index in [0.717, 1.165) is 102 Å². The van der Waals surface area contributed by atoms with Crippen LogP contribution in [0.3, 0.4) is 0 Å². The first kappa shape index (κ1) is 88.8. The fourth-order valence-electron chi connectivity index (χ4n) is 15.4. The third kappa shape index (κ3) is 22.3. The van der Waals surface area contributed by atoms with Crippen LogP contribution in [-0.4, -0.2) is 59.8 Å². The van der Waals surface area contributed by atoms with E-state index in [0.29, 0.717) is 70.0 Å². The van der Waals surface area contributed by atoms with Gasteiger partial charge in [-0.05, 0) is 151 Å². The molecule has 0 fully saturated rings. The number of aromatic nitrogens is 12. The molecule has 0 saturated carbocycles. The molecular weight excluding hydrogens is 1600 g/mol. The van der Waals surface area contributed by atoms with Crippen LogP contribution in [0.2, 0.25) is 0 Å². The van der Waals surface area contributed by atoms with Gasteiger partial charge in [-0.15, -0.1) is 0 Å². The van der Waals surface area contributed by atoms with Gasteiger partial charge in [0, 0.05) is 66.8 Å². The van der Waals surface area contributed by atoms with Crippen LogP contribution in [0.4, 0.5) is 0 Å². The Morgan fingerprint density at radius 2 is 0.344 bits per heavy atom. The first-order chi connectivity index (χ1) is 63.6. The zero-order valence-electron chi connectivity index (χ0n) is 76.9. The van der Waals surface area contributed by atoms with Gasteiger partial charge in [-0.2, -0.15) is 0 Å². The highest BCUT2D eigenvalue weighted by molar-refractivity contribution is 5.77. The van der Waals surface area contributed by atoms with Gasteiger partial charge >= 0.3 is 0 Å². The van der Waals surface area contributed by atoms with Crippen LogP contribution in [-0.2, 0) is 6.42 Å². The summed E-state index contributed by atoms with van der Waals surface area (Å²) in [7, 11) is 0. The molecule has 0 N–H and O–H groups in total. The molecule has 0 saturated heterocycles. The average Bonchev–Trinajstić information content (AvgIpc) is 0.800. The highest BCUT2D eigenvalue weighted by Gasteiger charge is 2.21. The van der Waals surface area contributed by atoms with Crippen LogP contribution in [0, 0.1) is 76.2 Å². The van der Waals surface area contributed by atoms with Crippen LogP contribution in [0.25, 0.3) is 170 Å². The first-order valence-electron chi connectivity index (χ1n) is 44.9. The smallest absolute Gasteiger partial charge is 0.164 e. The van der Waals surface area contributed by atoms with Crippen LogP contribution in [0.1, 0.15) is 105 Å². The molecular formula is C119H106N12. The van der Waals surface area contributed by atoms with Crippen molar-refractivity contribution in [3.05, 3.63) is 430 Å². The van der Waals surface area contributed by atoms with Crippen molar-refractivity contribution in [2.24, 2.45) is 0 Å². The van der Waals surface area contributed by atoms with Crippen molar-refractivity contribution >= 4 is 0 Å². The molecule has 12 heteroatoms. The third-order valence-electron chi connectivity index (χ3n) is 23.6. The molecule has 19 aromatic rings. The number of nitrogens with zero attached hydrogens (tertiary/aromatic N) is 12. The van der Waals surface area contributed by atoms with E-state index in [1.54, 1.807) is 0 Å². The Balaban J connectivity index is 0.000000130. The monoisotopic (exact) mass is 1700 g/mol. The average molecular weight is 1700 g/mol. The van der Waals surface area contributed by atoms with Gasteiger partial charge in [0.15, 0.2) is 69.9 Å². The Morgan fingerprint density at radius 1 is 0.176 bits per heavy atom. The van der Waals surface area contributed by atoms with Crippen LogP contribution < -0.4 is 0 Å². The van der Waals surface area contributed by atoms with Crippen molar-refractivity contribution in [2.75, 3.05) is 0 Å². The Hall–Kier alpha value is -15.7. The van der Waals surface area contributed by atoms with E-state index in [4.69, 9.17) is 59.8 Å². The second kappa shape index (κ2) is 41.0. The van der Waals surface area contributed by atoms with Crippen molar-refractivity contribution in [2.45, 2.75) is 116 Å². The van der Waals surface area contributed by atoms with E-state index >= 15 is 0 Å². The van der Waals surface area contributed by atoms with Crippen molar-refractivity contribution in [3.63, 3.8) is 0 Å². The van der Waals surface area contributed by atoms with Gasteiger partial charge in [-0.1, -0.05) is 429 Å². The lowest BCUT2D eigenvalue weighted by atomic mass is 9.97. The largest absolute Gasteiger partial charge is 0.208 e. The lowest BCUT2D eigenvalue weighted by Gasteiger charge is -2.13. The number of rotatable bonds is 18.